The SMILES string of the molecule is O=C(O)/C=C/CNCCc1ccc2c(c1)CCC2. The van der Waals surface area contributed by atoms with E-state index in [1.807, 2.05) is 0 Å². The average Bonchev–Trinajstić information content (AvgIpc) is 2.80. The highest BCUT2D eigenvalue weighted by atomic mass is 16.4. The highest BCUT2D eigenvalue weighted by Gasteiger charge is 2.10. The second-order valence-electron chi connectivity index (χ2n) is 4.65. The molecule has 3 nitrogen and oxygen atoms in total. The lowest BCUT2D eigenvalue weighted by molar-refractivity contribution is -0.131. The largest absolute Gasteiger partial charge is 0.478 e. The molecule has 0 aliphatic heterocycles. The number of nitrogens with one attached hydrogen (secondary N) is 1. The second-order valence-corrected chi connectivity index (χ2v) is 4.65. The van der Waals surface area contributed by atoms with Gasteiger partial charge in [-0.25, -0.2) is 4.79 Å². The molecule has 0 atom stereocenters. The molecule has 2 rings (SSSR count). The Morgan fingerprint density at radius 1 is 1.33 bits per heavy atom. The summed E-state index contributed by atoms with van der Waals surface area (Å²) in [7, 11) is 0. The minimum absolute atomic E-state index is 0.608. The van der Waals surface area contributed by atoms with Gasteiger partial charge in [0.2, 0.25) is 0 Å². The van der Waals surface area contributed by atoms with Gasteiger partial charge in [0.05, 0.1) is 0 Å². The molecule has 18 heavy (non-hydrogen) atoms. The minimum atomic E-state index is -0.893. The molecule has 3 heteroatoms. The first-order valence-electron chi connectivity index (χ1n) is 6.46. The number of hydrogen-bond acceptors (Lipinski definition) is 2. The summed E-state index contributed by atoms with van der Waals surface area (Å²) in [6.07, 6.45) is 7.53. The molecule has 0 saturated heterocycles. The van der Waals surface area contributed by atoms with Crippen LogP contribution >= 0.6 is 0 Å². The van der Waals surface area contributed by atoms with Crippen molar-refractivity contribution in [3.8, 4) is 0 Å². The van der Waals surface area contributed by atoms with Crippen LogP contribution in [0, 0.1) is 0 Å². The third kappa shape index (κ3) is 3.70. The van der Waals surface area contributed by atoms with E-state index < -0.39 is 5.97 Å². The number of benzene rings is 1. The number of carboxylic acid groups (broad SMARTS) is 1. The molecule has 0 bridgehead atoms. The molecule has 1 aliphatic rings. The van der Waals surface area contributed by atoms with Crippen LogP contribution in [0.3, 0.4) is 0 Å². The Kier molecular flexibility index (Phi) is 4.53. The van der Waals surface area contributed by atoms with Gasteiger partial charge >= 0.3 is 5.97 Å². The number of aryl methyl sites for hydroxylation is 2. The topological polar surface area (TPSA) is 49.3 Å². The van der Waals surface area contributed by atoms with Crippen molar-refractivity contribution in [1.29, 1.82) is 0 Å². The van der Waals surface area contributed by atoms with Crippen LogP contribution in [0.25, 0.3) is 0 Å². The summed E-state index contributed by atoms with van der Waals surface area (Å²) in [6, 6.07) is 6.78. The predicted octanol–water partition coefficient (Wildman–Crippen LogP) is 1.95. The van der Waals surface area contributed by atoms with Crippen LogP contribution in [0.4, 0.5) is 0 Å². The molecule has 96 valence electrons. The number of rotatable bonds is 6. The van der Waals surface area contributed by atoms with Gasteiger partial charge in [0.25, 0.3) is 0 Å². The average molecular weight is 245 g/mol. The van der Waals surface area contributed by atoms with Crippen LogP contribution in [0.2, 0.25) is 0 Å². The normalized spacial score (nSPS) is 14.0. The number of carbonyl (C=O) groups is 1. The summed E-state index contributed by atoms with van der Waals surface area (Å²) in [5.41, 5.74) is 4.39. The summed E-state index contributed by atoms with van der Waals surface area (Å²) in [6.45, 7) is 1.49. The smallest absolute Gasteiger partial charge is 0.328 e. The van der Waals surface area contributed by atoms with E-state index in [9.17, 15) is 4.79 Å². The van der Waals surface area contributed by atoms with Crippen LogP contribution < -0.4 is 5.32 Å². The van der Waals surface area contributed by atoms with Gasteiger partial charge in [-0.1, -0.05) is 24.3 Å². The lowest BCUT2D eigenvalue weighted by atomic mass is 10.0. The molecule has 2 N–H and O–H groups in total. The van der Waals surface area contributed by atoms with Gasteiger partial charge in [0.15, 0.2) is 0 Å². The third-order valence-corrected chi connectivity index (χ3v) is 3.28. The van der Waals surface area contributed by atoms with Crippen molar-refractivity contribution in [1.82, 2.24) is 5.32 Å². The van der Waals surface area contributed by atoms with Crippen molar-refractivity contribution < 1.29 is 9.90 Å². The third-order valence-electron chi connectivity index (χ3n) is 3.28. The maximum atomic E-state index is 10.2. The van der Waals surface area contributed by atoms with Crippen molar-refractivity contribution >= 4 is 5.97 Å². The molecule has 0 unspecified atom stereocenters. The number of carboxylic acids is 1. The number of aliphatic carboxylic acids is 1. The Balaban J connectivity index is 1.72. The fourth-order valence-corrected chi connectivity index (χ4v) is 2.36. The monoisotopic (exact) mass is 245 g/mol. The minimum Gasteiger partial charge on any atom is -0.478 e. The highest BCUT2D eigenvalue weighted by Crippen LogP contribution is 2.22. The highest BCUT2D eigenvalue weighted by molar-refractivity contribution is 5.79. The van der Waals surface area contributed by atoms with E-state index in [0.717, 1.165) is 13.0 Å². The fraction of sp³-hybridized carbons (Fsp3) is 0.400. The zero-order chi connectivity index (χ0) is 12.8. The van der Waals surface area contributed by atoms with Gasteiger partial charge < -0.3 is 10.4 Å². The summed E-state index contributed by atoms with van der Waals surface area (Å²) >= 11 is 0. The summed E-state index contributed by atoms with van der Waals surface area (Å²) in [5.74, 6) is -0.893. The van der Waals surface area contributed by atoms with Crippen LogP contribution in [0.15, 0.2) is 30.4 Å². The van der Waals surface area contributed by atoms with E-state index in [1.165, 1.54) is 42.0 Å². The molecule has 1 aliphatic carbocycles. The summed E-state index contributed by atoms with van der Waals surface area (Å²) < 4.78 is 0. The van der Waals surface area contributed by atoms with Gasteiger partial charge in [0, 0.05) is 12.6 Å². The van der Waals surface area contributed by atoms with Crippen LogP contribution in [-0.4, -0.2) is 24.2 Å². The molecule has 0 radical (unpaired) electrons. The molecule has 0 aromatic heterocycles. The molecule has 0 saturated carbocycles. The lowest BCUT2D eigenvalue weighted by Gasteiger charge is -2.05. The summed E-state index contributed by atoms with van der Waals surface area (Å²) in [5, 5.41) is 11.6. The molecule has 0 fully saturated rings. The van der Waals surface area contributed by atoms with E-state index in [0.29, 0.717) is 6.54 Å². The van der Waals surface area contributed by atoms with E-state index >= 15 is 0 Å². The van der Waals surface area contributed by atoms with E-state index in [1.54, 1.807) is 6.08 Å². The van der Waals surface area contributed by atoms with Crippen LogP contribution in [0.1, 0.15) is 23.1 Å². The first-order chi connectivity index (χ1) is 8.75. The maximum Gasteiger partial charge on any atom is 0.328 e. The second kappa shape index (κ2) is 6.36. The van der Waals surface area contributed by atoms with Gasteiger partial charge in [-0.2, -0.15) is 0 Å². The first kappa shape index (κ1) is 12.8. The van der Waals surface area contributed by atoms with E-state index in [2.05, 4.69) is 23.5 Å². The van der Waals surface area contributed by atoms with Crippen LogP contribution in [0.5, 0.6) is 0 Å². The van der Waals surface area contributed by atoms with Crippen molar-refractivity contribution in [2.75, 3.05) is 13.1 Å². The van der Waals surface area contributed by atoms with Crippen LogP contribution in [-0.2, 0) is 24.1 Å². The quantitative estimate of drug-likeness (QED) is 0.595. The van der Waals surface area contributed by atoms with E-state index in [4.69, 9.17) is 5.11 Å². The summed E-state index contributed by atoms with van der Waals surface area (Å²) in [4.78, 5) is 10.2. The molecule has 0 spiro atoms. The zero-order valence-electron chi connectivity index (χ0n) is 10.5. The molecule has 1 aromatic carbocycles. The number of fused-ring (bicyclic) bond motifs is 1. The fourth-order valence-electron chi connectivity index (χ4n) is 2.36. The lowest BCUT2D eigenvalue weighted by Crippen LogP contribution is -2.17. The molecular formula is C15H19NO2. The molecule has 0 heterocycles. The van der Waals surface area contributed by atoms with E-state index in [-0.39, 0.29) is 0 Å². The molecular weight excluding hydrogens is 226 g/mol. The van der Waals surface area contributed by atoms with Crippen molar-refractivity contribution in [2.45, 2.75) is 25.7 Å². The Bertz CT molecular complexity index is 452. The standard InChI is InChI=1S/C15H19NO2/c17-15(18)5-2-9-16-10-8-12-6-7-13-3-1-4-14(13)11-12/h2,5-7,11,16H,1,3-4,8-10H2,(H,17,18)/b5-2+. The van der Waals surface area contributed by atoms with Gasteiger partial charge in [-0.05, 0) is 48.9 Å². The van der Waals surface area contributed by atoms with Gasteiger partial charge in [0.1, 0.15) is 0 Å². The Labute approximate surface area is 108 Å². The van der Waals surface area contributed by atoms with Gasteiger partial charge in [-0.15, -0.1) is 0 Å². The maximum absolute atomic E-state index is 10.2. The van der Waals surface area contributed by atoms with Gasteiger partial charge in [-0.3, -0.25) is 0 Å². The Morgan fingerprint density at radius 2 is 2.17 bits per heavy atom. The Morgan fingerprint density at radius 3 is 3.00 bits per heavy atom. The molecule has 0 amide bonds. The first-order valence-corrected chi connectivity index (χ1v) is 6.46. The van der Waals surface area contributed by atoms with Crippen molar-refractivity contribution in [3.63, 3.8) is 0 Å². The van der Waals surface area contributed by atoms with Crippen molar-refractivity contribution in [2.24, 2.45) is 0 Å². The van der Waals surface area contributed by atoms with Crippen molar-refractivity contribution in [3.05, 3.63) is 47.0 Å². The predicted molar refractivity (Wildman–Crippen MR) is 71.8 cm³/mol. The zero-order valence-corrected chi connectivity index (χ0v) is 10.5. The number of hydrogen-bond donors (Lipinski definition) is 2. The molecule has 1 aromatic rings. The Hall–Kier alpha value is -1.61.